The Labute approximate surface area is 111 Å². The Hall–Kier alpha value is -0.870. The number of halogens is 1. The van der Waals surface area contributed by atoms with Crippen LogP contribution in [0, 0.1) is 0 Å². The fourth-order valence-electron chi connectivity index (χ4n) is 1.51. The van der Waals surface area contributed by atoms with Crippen molar-refractivity contribution in [2.45, 2.75) is 26.3 Å². The summed E-state index contributed by atoms with van der Waals surface area (Å²) in [6, 6.07) is 7.33. The summed E-state index contributed by atoms with van der Waals surface area (Å²) in [7, 11) is 0. The van der Waals surface area contributed by atoms with Crippen molar-refractivity contribution >= 4 is 21.9 Å². The van der Waals surface area contributed by atoms with Gasteiger partial charge in [0.05, 0.1) is 6.61 Å². The minimum Gasteiger partial charge on any atom is -0.465 e. The van der Waals surface area contributed by atoms with Gasteiger partial charge in [-0.05, 0) is 37.6 Å². The molecule has 3 nitrogen and oxygen atoms in total. The van der Waals surface area contributed by atoms with E-state index in [1.165, 1.54) is 0 Å². The smallest absolute Gasteiger partial charge is 0.327 e. The highest BCUT2D eigenvalue weighted by molar-refractivity contribution is 9.10. The van der Waals surface area contributed by atoms with Crippen LogP contribution >= 0.6 is 15.9 Å². The molecule has 0 bridgehead atoms. The normalized spacial score (nSPS) is 12.2. The number of rotatable bonds is 6. The summed E-state index contributed by atoms with van der Waals surface area (Å²) in [4.78, 5) is 11.8. The average Bonchev–Trinajstić information content (AvgIpc) is 2.32. The second kappa shape index (κ2) is 7.45. The molecule has 0 fully saturated rings. The molecule has 1 aromatic carbocycles. The van der Waals surface area contributed by atoms with Gasteiger partial charge in [0, 0.05) is 4.47 Å². The molecule has 0 aliphatic heterocycles. The van der Waals surface area contributed by atoms with Gasteiger partial charge in [0.25, 0.3) is 0 Å². The number of nitrogens with one attached hydrogen (secondary N) is 1. The molecule has 0 radical (unpaired) electrons. The maximum Gasteiger partial charge on any atom is 0.327 e. The van der Waals surface area contributed by atoms with Gasteiger partial charge in [-0.15, -0.1) is 0 Å². The first kappa shape index (κ1) is 14.2. The third kappa shape index (κ3) is 4.48. The van der Waals surface area contributed by atoms with Crippen molar-refractivity contribution in [3.63, 3.8) is 0 Å². The van der Waals surface area contributed by atoms with Crippen LogP contribution in [0.5, 0.6) is 0 Å². The summed E-state index contributed by atoms with van der Waals surface area (Å²) in [5, 5.41) is 3.20. The quantitative estimate of drug-likeness (QED) is 0.821. The monoisotopic (exact) mass is 299 g/mol. The molecule has 1 N–H and O–H groups in total. The van der Waals surface area contributed by atoms with Crippen molar-refractivity contribution in [2.75, 3.05) is 13.2 Å². The number of hydrogen-bond donors (Lipinski definition) is 1. The van der Waals surface area contributed by atoms with E-state index in [1.54, 1.807) is 0 Å². The van der Waals surface area contributed by atoms with Crippen LogP contribution in [0.2, 0.25) is 0 Å². The first-order valence-electron chi connectivity index (χ1n) is 5.84. The fourth-order valence-corrected chi connectivity index (χ4v) is 1.77. The van der Waals surface area contributed by atoms with Crippen molar-refractivity contribution in [1.29, 1.82) is 0 Å². The fraction of sp³-hybridized carbons (Fsp3) is 0.462. The number of carbonyl (C=O) groups is 1. The molecule has 0 aliphatic rings. The molecular weight excluding hydrogens is 282 g/mol. The molecule has 1 rings (SSSR count). The molecule has 17 heavy (non-hydrogen) atoms. The molecule has 0 heterocycles. The van der Waals surface area contributed by atoms with Crippen molar-refractivity contribution in [3.8, 4) is 0 Å². The second-order valence-corrected chi connectivity index (χ2v) is 4.61. The molecule has 94 valence electrons. The Morgan fingerprint density at radius 2 is 2.00 bits per heavy atom. The predicted molar refractivity (Wildman–Crippen MR) is 71.8 cm³/mol. The van der Waals surface area contributed by atoms with Crippen LogP contribution in [0.1, 0.15) is 31.9 Å². The predicted octanol–water partition coefficient (Wildman–Crippen LogP) is 3.05. The molecule has 0 saturated carbocycles. The van der Waals surface area contributed by atoms with Crippen molar-refractivity contribution in [1.82, 2.24) is 5.32 Å². The van der Waals surface area contributed by atoms with E-state index in [2.05, 4.69) is 28.2 Å². The zero-order valence-corrected chi connectivity index (χ0v) is 11.8. The van der Waals surface area contributed by atoms with Gasteiger partial charge < -0.3 is 10.1 Å². The van der Waals surface area contributed by atoms with Gasteiger partial charge >= 0.3 is 5.97 Å². The van der Waals surface area contributed by atoms with Gasteiger partial charge in [0.15, 0.2) is 0 Å². The summed E-state index contributed by atoms with van der Waals surface area (Å²) < 4.78 is 6.07. The maximum atomic E-state index is 11.8. The average molecular weight is 300 g/mol. The third-order valence-corrected chi connectivity index (χ3v) is 2.85. The van der Waals surface area contributed by atoms with E-state index in [0.29, 0.717) is 6.61 Å². The van der Waals surface area contributed by atoms with Crippen LogP contribution in [0.3, 0.4) is 0 Å². The molecule has 0 saturated heterocycles. The Balaban J connectivity index is 2.81. The van der Waals surface area contributed by atoms with Crippen LogP contribution in [0.4, 0.5) is 0 Å². The Bertz CT molecular complexity index is 351. The number of benzene rings is 1. The molecular formula is C13H18BrNO2. The first-order valence-corrected chi connectivity index (χ1v) is 6.63. The van der Waals surface area contributed by atoms with Gasteiger partial charge in [-0.25, -0.2) is 4.79 Å². The van der Waals surface area contributed by atoms with Crippen molar-refractivity contribution in [2.24, 2.45) is 0 Å². The molecule has 1 atom stereocenters. The molecule has 1 unspecified atom stereocenters. The van der Waals surface area contributed by atoms with Gasteiger partial charge in [-0.3, -0.25) is 0 Å². The summed E-state index contributed by atoms with van der Waals surface area (Å²) in [5.74, 6) is -0.219. The second-order valence-electron chi connectivity index (χ2n) is 3.69. The summed E-state index contributed by atoms with van der Waals surface area (Å²) >= 11 is 3.38. The molecule has 0 aliphatic carbocycles. The van der Waals surface area contributed by atoms with Crippen molar-refractivity contribution < 1.29 is 9.53 Å². The van der Waals surface area contributed by atoms with E-state index >= 15 is 0 Å². The number of esters is 1. The molecule has 4 heteroatoms. The van der Waals surface area contributed by atoms with Crippen LogP contribution in [-0.4, -0.2) is 19.1 Å². The zero-order valence-electron chi connectivity index (χ0n) is 10.2. The lowest BCUT2D eigenvalue weighted by Gasteiger charge is -2.17. The highest BCUT2D eigenvalue weighted by Crippen LogP contribution is 2.18. The lowest BCUT2D eigenvalue weighted by Crippen LogP contribution is -2.30. The minimum atomic E-state index is -0.372. The van der Waals surface area contributed by atoms with Crippen LogP contribution in [-0.2, 0) is 9.53 Å². The van der Waals surface area contributed by atoms with E-state index in [4.69, 9.17) is 4.74 Å². The third-order valence-electron chi connectivity index (χ3n) is 2.32. The Kier molecular flexibility index (Phi) is 6.22. The van der Waals surface area contributed by atoms with E-state index in [9.17, 15) is 4.79 Å². The number of hydrogen-bond acceptors (Lipinski definition) is 3. The topological polar surface area (TPSA) is 38.3 Å². The summed E-state index contributed by atoms with van der Waals surface area (Å²) in [5.41, 5.74) is 0.931. The van der Waals surface area contributed by atoms with Crippen LogP contribution < -0.4 is 5.32 Å². The molecule has 0 amide bonds. The van der Waals surface area contributed by atoms with E-state index in [-0.39, 0.29) is 12.0 Å². The maximum absolute atomic E-state index is 11.8. The number of carbonyl (C=O) groups excluding carboxylic acids is 1. The standard InChI is InChI=1S/C13H18BrNO2/c1-3-9-15-12(13(16)17-4-2)10-5-7-11(14)8-6-10/h5-8,12,15H,3-4,9H2,1-2H3. The summed E-state index contributed by atoms with van der Waals surface area (Å²) in [6.45, 7) is 5.08. The van der Waals surface area contributed by atoms with Gasteiger partial charge in [-0.2, -0.15) is 0 Å². The summed E-state index contributed by atoms with van der Waals surface area (Å²) in [6.07, 6.45) is 0.979. The lowest BCUT2D eigenvalue weighted by atomic mass is 10.1. The molecule has 0 aromatic heterocycles. The largest absolute Gasteiger partial charge is 0.465 e. The van der Waals surface area contributed by atoms with Gasteiger partial charge in [-0.1, -0.05) is 35.0 Å². The minimum absolute atomic E-state index is 0.219. The highest BCUT2D eigenvalue weighted by atomic mass is 79.9. The van der Waals surface area contributed by atoms with E-state index < -0.39 is 0 Å². The molecule has 1 aromatic rings. The van der Waals surface area contributed by atoms with Crippen molar-refractivity contribution in [3.05, 3.63) is 34.3 Å². The SMILES string of the molecule is CCCNC(C(=O)OCC)c1ccc(Br)cc1. The van der Waals surface area contributed by atoms with E-state index in [1.807, 2.05) is 31.2 Å². The Morgan fingerprint density at radius 3 is 2.53 bits per heavy atom. The first-order chi connectivity index (χ1) is 8.19. The van der Waals surface area contributed by atoms with Crippen LogP contribution in [0.15, 0.2) is 28.7 Å². The van der Waals surface area contributed by atoms with Gasteiger partial charge in [0.1, 0.15) is 6.04 Å². The zero-order chi connectivity index (χ0) is 12.7. The lowest BCUT2D eigenvalue weighted by molar-refractivity contribution is -0.145. The molecule has 0 spiro atoms. The van der Waals surface area contributed by atoms with Crippen LogP contribution in [0.25, 0.3) is 0 Å². The number of ether oxygens (including phenoxy) is 1. The Morgan fingerprint density at radius 1 is 1.35 bits per heavy atom. The highest BCUT2D eigenvalue weighted by Gasteiger charge is 2.20. The van der Waals surface area contributed by atoms with Gasteiger partial charge in [0.2, 0.25) is 0 Å². The van der Waals surface area contributed by atoms with E-state index in [0.717, 1.165) is 23.0 Å².